The summed E-state index contributed by atoms with van der Waals surface area (Å²) < 4.78 is 10.5. The maximum Gasteiger partial charge on any atom is 0.361 e. The van der Waals surface area contributed by atoms with Gasteiger partial charge in [-0.1, -0.05) is 12.1 Å². The normalized spacial score (nSPS) is 10.4. The zero-order valence-electron chi connectivity index (χ0n) is 15.2. The van der Waals surface area contributed by atoms with E-state index in [1.807, 2.05) is 6.07 Å². The Balaban J connectivity index is 1.77. The molecule has 28 heavy (non-hydrogen) atoms. The quantitative estimate of drug-likeness (QED) is 0.628. The van der Waals surface area contributed by atoms with Gasteiger partial charge in [-0.05, 0) is 12.1 Å². The van der Waals surface area contributed by atoms with E-state index in [9.17, 15) is 9.59 Å². The fourth-order valence-electron chi connectivity index (χ4n) is 2.40. The zero-order valence-corrected chi connectivity index (χ0v) is 16.0. The molecule has 0 radical (unpaired) electrons. The van der Waals surface area contributed by atoms with Crippen LogP contribution in [0.4, 0.5) is 16.6 Å². The molecule has 0 fully saturated rings. The van der Waals surface area contributed by atoms with E-state index in [0.29, 0.717) is 22.3 Å². The number of nitrogens with zero attached hydrogens (tertiary/aromatic N) is 4. The van der Waals surface area contributed by atoms with E-state index < -0.39 is 5.97 Å². The Hall–Kier alpha value is -3.53. The van der Waals surface area contributed by atoms with Crippen LogP contribution in [0.5, 0.6) is 5.75 Å². The van der Waals surface area contributed by atoms with Crippen molar-refractivity contribution in [1.29, 1.82) is 0 Å². The molecule has 144 valence electrons. The Morgan fingerprint density at radius 1 is 1.21 bits per heavy atom. The first kappa shape index (κ1) is 19.2. The third-order valence-electron chi connectivity index (χ3n) is 3.64. The number of thiazole rings is 1. The Kier molecular flexibility index (Phi) is 5.80. The van der Waals surface area contributed by atoms with Crippen LogP contribution in [0.3, 0.4) is 0 Å². The minimum Gasteiger partial charge on any atom is -0.495 e. The van der Waals surface area contributed by atoms with Crippen LogP contribution in [0.25, 0.3) is 0 Å². The Labute approximate surface area is 164 Å². The molecule has 2 N–H and O–H groups in total. The predicted molar refractivity (Wildman–Crippen MR) is 103 cm³/mol. The number of benzene rings is 1. The van der Waals surface area contributed by atoms with Crippen molar-refractivity contribution in [3.8, 4) is 5.75 Å². The molecule has 3 aromatic rings. The Morgan fingerprint density at radius 3 is 2.68 bits per heavy atom. The van der Waals surface area contributed by atoms with E-state index in [1.165, 1.54) is 42.7 Å². The summed E-state index contributed by atoms with van der Waals surface area (Å²) in [7, 11) is 1.53. The highest BCUT2D eigenvalue weighted by molar-refractivity contribution is 7.14. The summed E-state index contributed by atoms with van der Waals surface area (Å²) in [5.74, 6) is -0.396. The number of ether oxygens (including phenoxy) is 2. The van der Waals surface area contributed by atoms with E-state index in [1.54, 1.807) is 23.6 Å². The van der Waals surface area contributed by atoms with Crippen molar-refractivity contribution in [2.45, 2.75) is 13.5 Å². The molecule has 0 aliphatic rings. The molecule has 0 unspecified atom stereocenters. The SMILES string of the molecule is COc1ccccc1N(C(C)=O)c1nc(COC(=O)c2nccnc2N)cs1. The van der Waals surface area contributed by atoms with Gasteiger partial charge in [0.15, 0.2) is 16.6 Å². The number of nitrogens with two attached hydrogens (primary N) is 1. The number of carbonyl (C=O) groups is 2. The van der Waals surface area contributed by atoms with Crippen molar-refractivity contribution in [2.24, 2.45) is 0 Å². The zero-order chi connectivity index (χ0) is 20.1. The third-order valence-corrected chi connectivity index (χ3v) is 4.52. The van der Waals surface area contributed by atoms with Crippen LogP contribution in [0, 0.1) is 0 Å². The molecular formula is C18H17N5O4S. The number of anilines is 3. The molecule has 2 heterocycles. The summed E-state index contributed by atoms with van der Waals surface area (Å²) >= 11 is 1.25. The lowest BCUT2D eigenvalue weighted by Crippen LogP contribution is -2.23. The van der Waals surface area contributed by atoms with E-state index >= 15 is 0 Å². The van der Waals surface area contributed by atoms with E-state index in [0.717, 1.165) is 0 Å². The van der Waals surface area contributed by atoms with Crippen LogP contribution in [-0.2, 0) is 16.1 Å². The largest absolute Gasteiger partial charge is 0.495 e. The molecule has 0 saturated heterocycles. The predicted octanol–water partition coefficient (Wildman–Crippen LogP) is 2.57. The molecule has 0 aliphatic carbocycles. The summed E-state index contributed by atoms with van der Waals surface area (Å²) in [6, 6.07) is 7.13. The van der Waals surface area contributed by atoms with Crippen LogP contribution in [0.15, 0.2) is 42.0 Å². The molecule has 1 aromatic carbocycles. The Morgan fingerprint density at radius 2 is 1.96 bits per heavy atom. The lowest BCUT2D eigenvalue weighted by atomic mass is 10.2. The van der Waals surface area contributed by atoms with Gasteiger partial charge in [-0.25, -0.2) is 19.7 Å². The maximum atomic E-state index is 12.2. The number of amides is 1. The smallest absolute Gasteiger partial charge is 0.361 e. The number of rotatable bonds is 6. The van der Waals surface area contributed by atoms with Crippen molar-refractivity contribution < 1.29 is 19.1 Å². The second-order valence-corrected chi connectivity index (χ2v) is 6.35. The fraction of sp³-hybridized carbons (Fsp3) is 0.167. The molecule has 0 spiro atoms. The van der Waals surface area contributed by atoms with E-state index in [-0.39, 0.29) is 24.0 Å². The van der Waals surface area contributed by atoms with Crippen molar-refractivity contribution in [2.75, 3.05) is 17.7 Å². The molecule has 0 atom stereocenters. The van der Waals surface area contributed by atoms with Crippen LogP contribution >= 0.6 is 11.3 Å². The molecule has 0 bridgehead atoms. The van der Waals surface area contributed by atoms with Crippen molar-refractivity contribution in [1.82, 2.24) is 15.0 Å². The van der Waals surface area contributed by atoms with Gasteiger partial charge in [0.2, 0.25) is 5.91 Å². The highest BCUT2D eigenvalue weighted by atomic mass is 32.1. The summed E-state index contributed by atoms with van der Waals surface area (Å²) in [6.07, 6.45) is 2.74. The molecule has 3 rings (SSSR count). The number of nitrogen functional groups attached to an aromatic ring is 1. The molecule has 9 nitrogen and oxygen atoms in total. The molecular weight excluding hydrogens is 382 g/mol. The first-order valence-corrected chi connectivity index (χ1v) is 9.01. The van der Waals surface area contributed by atoms with Gasteiger partial charge < -0.3 is 15.2 Å². The minimum absolute atomic E-state index is 0.00889. The number of hydrogen-bond acceptors (Lipinski definition) is 9. The van der Waals surface area contributed by atoms with Crippen molar-refractivity contribution in [3.63, 3.8) is 0 Å². The van der Waals surface area contributed by atoms with Crippen LogP contribution in [0.2, 0.25) is 0 Å². The third kappa shape index (κ3) is 4.07. The van der Waals surface area contributed by atoms with Gasteiger partial charge in [0.05, 0.1) is 18.5 Å². The molecule has 0 aliphatic heterocycles. The first-order chi connectivity index (χ1) is 13.5. The number of aromatic nitrogens is 3. The molecule has 1 amide bonds. The highest BCUT2D eigenvalue weighted by Crippen LogP contribution is 2.35. The van der Waals surface area contributed by atoms with E-state index in [4.69, 9.17) is 15.2 Å². The summed E-state index contributed by atoms with van der Waals surface area (Å²) in [6.45, 7) is 1.34. The summed E-state index contributed by atoms with van der Waals surface area (Å²) in [4.78, 5) is 37.8. The number of carbonyl (C=O) groups excluding carboxylic acids is 2. The molecule has 2 aromatic heterocycles. The lowest BCUT2D eigenvalue weighted by Gasteiger charge is -2.20. The average Bonchev–Trinajstić information content (AvgIpc) is 3.15. The number of para-hydroxylation sites is 2. The second kappa shape index (κ2) is 8.44. The van der Waals surface area contributed by atoms with Crippen molar-refractivity contribution >= 4 is 39.9 Å². The van der Waals surface area contributed by atoms with Gasteiger partial charge in [-0.2, -0.15) is 0 Å². The van der Waals surface area contributed by atoms with Gasteiger partial charge in [-0.15, -0.1) is 11.3 Å². The molecule has 0 saturated carbocycles. The van der Waals surface area contributed by atoms with Gasteiger partial charge in [0, 0.05) is 24.7 Å². The number of esters is 1. The monoisotopic (exact) mass is 399 g/mol. The topological polar surface area (TPSA) is 121 Å². The Bertz CT molecular complexity index is 1010. The summed E-state index contributed by atoms with van der Waals surface area (Å²) in [5, 5.41) is 2.13. The van der Waals surface area contributed by atoms with E-state index in [2.05, 4.69) is 15.0 Å². The molecule has 10 heteroatoms. The number of hydrogen-bond donors (Lipinski definition) is 1. The number of methoxy groups -OCH3 is 1. The van der Waals surface area contributed by atoms with Crippen LogP contribution in [0.1, 0.15) is 23.1 Å². The van der Waals surface area contributed by atoms with Gasteiger partial charge >= 0.3 is 5.97 Å². The van der Waals surface area contributed by atoms with Crippen LogP contribution < -0.4 is 15.4 Å². The standard InChI is InChI=1S/C18H17N5O4S/c1-11(24)23(13-5-3-4-6-14(13)26-2)18-22-12(10-28-18)9-27-17(25)15-16(19)21-8-7-20-15/h3-8,10H,9H2,1-2H3,(H2,19,21). The second-order valence-electron chi connectivity index (χ2n) is 5.51. The van der Waals surface area contributed by atoms with Gasteiger partial charge in [0.1, 0.15) is 12.4 Å². The summed E-state index contributed by atoms with van der Waals surface area (Å²) in [5.41, 5.74) is 6.61. The first-order valence-electron chi connectivity index (χ1n) is 8.13. The average molecular weight is 399 g/mol. The van der Waals surface area contributed by atoms with Crippen LogP contribution in [-0.4, -0.2) is 33.9 Å². The minimum atomic E-state index is -0.701. The fourth-order valence-corrected chi connectivity index (χ4v) is 3.27. The van der Waals surface area contributed by atoms with Gasteiger partial charge in [-0.3, -0.25) is 9.69 Å². The van der Waals surface area contributed by atoms with Crippen molar-refractivity contribution in [3.05, 3.63) is 53.4 Å². The maximum absolute atomic E-state index is 12.2. The highest BCUT2D eigenvalue weighted by Gasteiger charge is 2.22. The lowest BCUT2D eigenvalue weighted by molar-refractivity contribution is -0.115. The van der Waals surface area contributed by atoms with Gasteiger partial charge in [0.25, 0.3) is 0 Å².